The van der Waals surface area contributed by atoms with Crippen LogP contribution in [-0.2, 0) is 0 Å². The van der Waals surface area contributed by atoms with Crippen molar-refractivity contribution in [3.63, 3.8) is 0 Å². The summed E-state index contributed by atoms with van der Waals surface area (Å²) in [6.45, 7) is 0. The summed E-state index contributed by atoms with van der Waals surface area (Å²) in [6.07, 6.45) is 5.08. The Morgan fingerprint density at radius 3 is 2.83 bits per heavy atom. The first-order chi connectivity index (χ1) is 8.75. The first-order valence-electron chi connectivity index (χ1n) is 6.23. The first-order valence-corrected chi connectivity index (χ1v) is 6.23. The number of anilines is 1. The lowest BCUT2D eigenvalue weighted by Crippen LogP contribution is -2.04. The van der Waals surface area contributed by atoms with Crippen molar-refractivity contribution in [1.29, 1.82) is 0 Å². The van der Waals surface area contributed by atoms with Gasteiger partial charge < -0.3 is 10.8 Å². The minimum atomic E-state index is -0.697. The second-order valence-electron chi connectivity index (χ2n) is 4.85. The molecule has 1 atom stereocenters. The van der Waals surface area contributed by atoms with Gasteiger partial charge in [0.05, 0.1) is 0 Å². The molecule has 92 valence electrons. The maximum absolute atomic E-state index is 10.4. The summed E-state index contributed by atoms with van der Waals surface area (Å²) in [5, 5.41) is 10.4. The van der Waals surface area contributed by atoms with Crippen LogP contribution < -0.4 is 5.73 Å². The highest BCUT2D eigenvalue weighted by molar-refractivity contribution is 5.49. The number of nitrogens with two attached hydrogens (primary N) is 1. The zero-order chi connectivity index (χ0) is 12.5. The van der Waals surface area contributed by atoms with Gasteiger partial charge in [0, 0.05) is 23.6 Å². The van der Waals surface area contributed by atoms with Gasteiger partial charge in [-0.2, -0.15) is 0 Å². The summed E-state index contributed by atoms with van der Waals surface area (Å²) in [7, 11) is 0. The van der Waals surface area contributed by atoms with Crippen LogP contribution in [0, 0.1) is 0 Å². The lowest BCUT2D eigenvalue weighted by atomic mass is 9.98. The number of aromatic nitrogens is 1. The summed E-state index contributed by atoms with van der Waals surface area (Å²) in [5.41, 5.74) is 9.32. The molecule has 3 heteroatoms. The van der Waals surface area contributed by atoms with Crippen LogP contribution >= 0.6 is 0 Å². The molecule has 1 unspecified atom stereocenters. The summed E-state index contributed by atoms with van der Waals surface area (Å²) < 4.78 is 0. The van der Waals surface area contributed by atoms with Crippen LogP contribution in [0.5, 0.6) is 0 Å². The number of hydrogen-bond acceptors (Lipinski definition) is 3. The van der Waals surface area contributed by atoms with Crippen LogP contribution in [0.4, 0.5) is 5.69 Å². The minimum absolute atomic E-state index is 0.578. The van der Waals surface area contributed by atoms with Crippen molar-refractivity contribution in [1.82, 2.24) is 4.98 Å². The van der Waals surface area contributed by atoms with Gasteiger partial charge in [-0.1, -0.05) is 24.3 Å². The summed E-state index contributed by atoms with van der Waals surface area (Å²) in [6, 6.07) is 9.85. The fourth-order valence-corrected chi connectivity index (χ4v) is 2.23. The van der Waals surface area contributed by atoms with Gasteiger partial charge in [-0.05, 0) is 36.0 Å². The third kappa shape index (κ3) is 2.09. The minimum Gasteiger partial charge on any atom is -0.398 e. The number of nitrogen functional groups attached to an aromatic ring is 1. The molecule has 3 nitrogen and oxygen atoms in total. The Morgan fingerprint density at radius 1 is 1.28 bits per heavy atom. The molecule has 1 aromatic heterocycles. The molecule has 1 aromatic carbocycles. The molecule has 0 bridgehead atoms. The Morgan fingerprint density at radius 2 is 2.11 bits per heavy atom. The van der Waals surface area contributed by atoms with E-state index in [0.717, 1.165) is 5.56 Å². The van der Waals surface area contributed by atoms with Crippen molar-refractivity contribution in [2.75, 3.05) is 5.73 Å². The van der Waals surface area contributed by atoms with E-state index in [9.17, 15) is 5.11 Å². The van der Waals surface area contributed by atoms with Gasteiger partial charge in [-0.15, -0.1) is 0 Å². The third-order valence-corrected chi connectivity index (χ3v) is 3.46. The normalized spacial score (nSPS) is 16.5. The fourth-order valence-electron chi connectivity index (χ4n) is 2.23. The molecule has 1 aliphatic carbocycles. The van der Waals surface area contributed by atoms with Crippen molar-refractivity contribution in [2.24, 2.45) is 0 Å². The second-order valence-corrected chi connectivity index (χ2v) is 4.85. The monoisotopic (exact) mass is 240 g/mol. The van der Waals surface area contributed by atoms with Crippen LogP contribution in [0.2, 0.25) is 0 Å². The number of nitrogens with zero attached hydrogens (tertiary/aromatic N) is 1. The summed E-state index contributed by atoms with van der Waals surface area (Å²) in [4.78, 5) is 4.02. The van der Waals surface area contributed by atoms with Crippen LogP contribution in [0.1, 0.15) is 41.6 Å². The zero-order valence-electron chi connectivity index (χ0n) is 10.1. The van der Waals surface area contributed by atoms with Crippen molar-refractivity contribution in [2.45, 2.75) is 24.9 Å². The molecule has 1 aliphatic rings. The van der Waals surface area contributed by atoms with Gasteiger partial charge in [0.15, 0.2) is 0 Å². The van der Waals surface area contributed by atoms with Crippen molar-refractivity contribution >= 4 is 5.69 Å². The molecule has 1 fully saturated rings. The van der Waals surface area contributed by atoms with Crippen LogP contribution in [0.25, 0.3) is 0 Å². The molecule has 0 aliphatic heterocycles. The molecule has 0 saturated heterocycles. The molecule has 0 amide bonds. The van der Waals surface area contributed by atoms with Gasteiger partial charge in [0.1, 0.15) is 6.10 Å². The van der Waals surface area contributed by atoms with Gasteiger partial charge in [-0.25, -0.2) is 0 Å². The molecule has 2 aromatic rings. The predicted molar refractivity (Wildman–Crippen MR) is 71.1 cm³/mol. The zero-order valence-corrected chi connectivity index (χ0v) is 10.1. The van der Waals surface area contributed by atoms with E-state index in [-0.39, 0.29) is 0 Å². The van der Waals surface area contributed by atoms with E-state index in [4.69, 9.17) is 5.73 Å². The predicted octanol–water partition coefficient (Wildman–Crippen LogP) is 2.62. The average molecular weight is 240 g/mol. The van der Waals surface area contributed by atoms with Gasteiger partial charge in [-0.3, -0.25) is 4.98 Å². The Balaban J connectivity index is 1.94. The number of pyridine rings is 1. The van der Waals surface area contributed by atoms with E-state index in [1.54, 1.807) is 18.5 Å². The van der Waals surface area contributed by atoms with Crippen LogP contribution in [0.15, 0.2) is 42.7 Å². The molecule has 1 saturated carbocycles. The SMILES string of the molecule is Nc1ccncc1C(O)c1cccc(C2CC2)c1. The lowest BCUT2D eigenvalue weighted by molar-refractivity contribution is 0.220. The largest absolute Gasteiger partial charge is 0.398 e. The Labute approximate surface area is 106 Å². The molecule has 0 spiro atoms. The maximum Gasteiger partial charge on any atom is 0.108 e. The number of benzene rings is 1. The lowest BCUT2D eigenvalue weighted by Gasteiger charge is -2.14. The van der Waals surface area contributed by atoms with E-state index in [2.05, 4.69) is 17.1 Å². The maximum atomic E-state index is 10.4. The highest BCUT2D eigenvalue weighted by Crippen LogP contribution is 2.41. The highest BCUT2D eigenvalue weighted by Gasteiger charge is 2.24. The molecule has 3 N–H and O–H groups in total. The highest BCUT2D eigenvalue weighted by atomic mass is 16.3. The molecule has 18 heavy (non-hydrogen) atoms. The van der Waals surface area contributed by atoms with Gasteiger partial charge >= 0.3 is 0 Å². The number of hydrogen-bond donors (Lipinski definition) is 2. The van der Waals surface area contributed by atoms with Crippen molar-refractivity contribution in [3.05, 3.63) is 59.4 Å². The Kier molecular flexibility index (Phi) is 2.76. The number of rotatable bonds is 3. The van der Waals surface area contributed by atoms with Crippen LogP contribution in [0.3, 0.4) is 0 Å². The molecule has 1 heterocycles. The number of aliphatic hydroxyl groups is 1. The van der Waals surface area contributed by atoms with E-state index < -0.39 is 6.10 Å². The van der Waals surface area contributed by atoms with Gasteiger partial charge in [0.2, 0.25) is 0 Å². The number of aliphatic hydroxyl groups excluding tert-OH is 1. The van der Waals surface area contributed by atoms with Crippen molar-refractivity contribution in [3.8, 4) is 0 Å². The summed E-state index contributed by atoms with van der Waals surface area (Å²) in [5.74, 6) is 0.684. The smallest absolute Gasteiger partial charge is 0.108 e. The summed E-state index contributed by atoms with van der Waals surface area (Å²) >= 11 is 0. The van der Waals surface area contributed by atoms with E-state index in [1.165, 1.54) is 18.4 Å². The molecular weight excluding hydrogens is 224 g/mol. The van der Waals surface area contributed by atoms with E-state index in [1.807, 2.05) is 12.1 Å². The molecular formula is C15H16N2O. The average Bonchev–Trinajstić information content (AvgIpc) is 3.23. The van der Waals surface area contributed by atoms with Crippen molar-refractivity contribution < 1.29 is 5.11 Å². The van der Waals surface area contributed by atoms with E-state index in [0.29, 0.717) is 17.2 Å². The standard InChI is InChI=1S/C15H16N2O/c16-14-6-7-17-9-13(14)15(18)12-3-1-2-11(8-12)10-4-5-10/h1-3,6-10,15,18H,4-5H2,(H2,16,17). The quantitative estimate of drug-likeness (QED) is 0.867. The second kappa shape index (κ2) is 4.42. The first kappa shape index (κ1) is 11.2. The fraction of sp³-hybridized carbons (Fsp3) is 0.267. The Hall–Kier alpha value is -1.87. The van der Waals surface area contributed by atoms with E-state index >= 15 is 0 Å². The molecule has 3 rings (SSSR count). The van der Waals surface area contributed by atoms with Crippen LogP contribution in [-0.4, -0.2) is 10.1 Å². The Bertz CT molecular complexity index is 564. The molecule has 0 radical (unpaired) electrons. The topological polar surface area (TPSA) is 59.1 Å². The van der Waals surface area contributed by atoms with Gasteiger partial charge in [0.25, 0.3) is 0 Å². The third-order valence-electron chi connectivity index (χ3n) is 3.46.